The number of ether oxygens (including phenoxy) is 1. The predicted octanol–water partition coefficient (Wildman–Crippen LogP) is 3.44. The minimum atomic E-state index is -0.195. The number of thioether (sulfide) groups is 1. The summed E-state index contributed by atoms with van der Waals surface area (Å²) in [5.41, 5.74) is 4.25. The highest BCUT2D eigenvalue weighted by Gasteiger charge is 2.06. The van der Waals surface area contributed by atoms with E-state index in [9.17, 15) is 4.79 Å². The molecule has 3 rings (SSSR count). The molecular weight excluding hydrogens is 368 g/mol. The fourth-order valence-corrected chi connectivity index (χ4v) is 3.88. The van der Waals surface area contributed by atoms with Crippen LogP contribution in [0.5, 0.6) is 5.75 Å². The van der Waals surface area contributed by atoms with Gasteiger partial charge in [0.05, 0.1) is 22.2 Å². The van der Waals surface area contributed by atoms with Gasteiger partial charge in [-0.25, -0.2) is 10.4 Å². The fourth-order valence-electron chi connectivity index (χ4n) is 2.02. The Morgan fingerprint density at radius 2 is 2.12 bits per heavy atom. The van der Waals surface area contributed by atoms with Crippen molar-refractivity contribution in [1.29, 1.82) is 5.26 Å². The van der Waals surface area contributed by atoms with Gasteiger partial charge in [0, 0.05) is 0 Å². The van der Waals surface area contributed by atoms with Gasteiger partial charge in [0.15, 0.2) is 10.9 Å². The van der Waals surface area contributed by atoms with E-state index in [1.54, 1.807) is 41.8 Å². The standard InChI is InChI=1S/C18H14N4O2S2/c19-9-10-24-14-7-5-13(6-8-14)11-20-22-17(23)12-25-18-21-15-3-1-2-4-16(15)26-18/h1-8,11H,10,12H2,(H,22,23)/b20-11-. The first-order valence-corrected chi connectivity index (χ1v) is 9.45. The van der Waals surface area contributed by atoms with Crippen LogP contribution in [0.25, 0.3) is 10.2 Å². The summed E-state index contributed by atoms with van der Waals surface area (Å²) in [5, 5.41) is 12.4. The van der Waals surface area contributed by atoms with Gasteiger partial charge in [-0.15, -0.1) is 11.3 Å². The number of nitriles is 1. The van der Waals surface area contributed by atoms with Gasteiger partial charge in [-0.1, -0.05) is 23.9 Å². The first-order chi connectivity index (χ1) is 12.7. The molecule has 0 aliphatic heterocycles. The second-order valence-corrected chi connectivity index (χ2v) is 7.30. The predicted molar refractivity (Wildman–Crippen MR) is 104 cm³/mol. The molecule has 1 heterocycles. The molecule has 0 atom stereocenters. The summed E-state index contributed by atoms with van der Waals surface area (Å²) >= 11 is 2.96. The van der Waals surface area contributed by atoms with Crippen LogP contribution in [-0.4, -0.2) is 29.5 Å². The Morgan fingerprint density at radius 1 is 1.31 bits per heavy atom. The van der Waals surface area contributed by atoms with Crippen LogP contribution in [0.3, 0.4) is 0 Å². The molecule has 0 aliphatic rings. The van der Waals surface area contributed by atoms with Crippen LogP contribution in [0.2, 0.25) is 0 Å². The van der Waals surface area contributed by atoms with Crippen molar-refractivity contribution in [1.82, 2.24) is 10.4 Å². The molecule has 0 radical (unpaired) electrons. The molecular formula is C18H14N4O2S2. The van der Waals surface area contributed by atoms with E-state index in [1.807, 2.05) is 30.3 Å². The van der Waals surface area contributed by atoms with Crippen molar-refractivity contribution in [2.45, 2.75) is 4.34 Å². The molecule has 130 valence electrons. The van der Waals surface area contributed by atoms with Crippen LogP contribution in [0.15, 0.2) is 58.0 Å². The average Bonchev–Trinajstić information content (AvgIpc) is 3.09. The highest BCUT2D eigenvalue weighted by molar-refractivity contribution is 8.01. The van der Waals surface area contributed by atoms with Crippen molar-refractivity contribution in [3.8, 4) is 11.8 Å². The van der Waals surface area contributed by atoms with E-state index < -0.39 is 0 Å². The molecule has 2 aromatic carbocycles. The number of thiazole rings is 1. The minimum Gasteiger partial charge on any atom is -0.479 e. The quantitative estimate of drug-likeness (QED) is 0.384. The van der Waals surface area contributed by atoms with Gasteiger partial charge < -0.3 is 4.74 Å². The lowest BCUT2D eigenvalue weighted by atomic mass is 10.2. The van der Waals surface area contributed by atoms with Gasteiger partial charge in [-0.3, -0.25) is 4.79 Å². The summed E-state index contributed by atoms with van der Waals surface area (Å²) in [6, 6.07) is 16.8. The van der Waals surface area contributed by atoms with E-state index in [0.717, 1.165) is 20.1 Å². The SMILES string of the molecule is N#CCOc1ccc(/C=N\NC(=O)CSc2nc3ccccc3s2)cc1. The molecule has 0 fully saturated rings. The molecule has 1 aromatic heterocycles. The van der Waals surface area contributed by atoms with Crippen LogP contribution in [0.1, 0.15) is 5.56 Å². The lowest BCUT2D eigenvalue weighted by Crippen LogP contribution is -2.19. The Bertz CT molecular complexity index is 928. The van der Waals surface area contributed by atoms with E-state index in [-0.39, 0.29) is 18.3 Å². The summed E-state index contributed by atoms with van der Waals surface area (Å²) in [6.07, 6.45) is 1.55. The summed E-state index contributed by atoms with van der Waals surface area (Å²) in [6.45, 7) is 0.00974. The van der Waals surface area contributed by atoms with Crippen LogP contribution >= 0.6 is 23.1 Å². The van der Waals surface area contributed by atoms with Crippen molar-refractivity contribution in [2.75, 3.05) is 12.4 Å². The van der Waals surface area contributed by atoms with E-state index in [2.05, 4.69) is 15.5 Å². The third-order valence-electron chi connectivity index (χ3n) is 3.19. The fraction of sp³-hybridized carbons (Fsp3) is 0.111. The first kappa shape index (κ1) is 17.9. The number of benzene rings is 2. The van der Waals surface area contributed by atoms with Gasteiger partial charge in [0.2, 0.25) is 0 Å². The molecule has 0 aliphatic carbocycles. The second kappa shape index (κ2) is 8.99. The number of hydrogen-bond acceptors (Lipinski definition) is 7. The molecule has 3 aromatic rings. The van der Waals surface area contributed by atoms with Gasteiger partial charge in [0.25, 0.3) is 5.91 Å². The van der Waals surface area contributed by atoms with Gasteiger partial charge in [-0.2, -0.15) is 10.4 Å². The topological polar surface area (TPSA) is 87.4 Å². The average molecular weight is 382 g/mol. The van der Waals surface area contributed by atoms with Gasteiger partial charge in [0.1, 0.15) is 11.8 Å². The monoisotopic (exact) mass is 382 g/mol. The Kier molecular flexibility index (Phi) is 6.19. The number of carbonyl (C=O) groups is 1. The number of nitrogens with one attached hydrogen (secondary N) is 1. The summed E-state index contributed by atoms with van der Waals surface area (Å²) in [7, 11) is 0. The van der Waals surface area contributed by atoms with Crippen LogP contribution in [0, 0.1) is 11.3 Å². The Balaban J connectivity index is 1.46. The molecule has 0 saturated carbocycles. The van der Waals surface area contributed by atoms with E-state index >= 15 is 0 Å². The van der Waals surface area contributed by atoms with Crippen molar-refractivity contribution < 1.29 is 9.53 Å². The summed E-state index contributed by atoms with van der Waals surface area (Å²) < 4.78 is 7.13. The number of carbonyl (C=O) groups excluding carboxylic acids is 1. The smallest absolute Gasteiger partial charge is 0.250 e. The normalized spacial score (nSPS) is 10.7. The molecule has 0 spiro atoms. The van der Waals surface area contributed by atoms with Crippen molar-refractivity contribution >= 4 is 45.4 Å². The molecule has 1 amide bonds. The zero-order chi connectivity index (χ0) is 18.2. The Morgan fingerprint density at radius 3 is 2.88 bits per heavy atom. The highest BCUT2D eigenvalue weighted by Crippen LogP contribution is 2.28. The van der Waals surface area contributed by atoms with Gasteiger partial charge >= 0.3 is 0 Å². The maximum atomic E-state index is 11.9. The molecule has 0 saturated heterocycles. The largest absolute Gasteiger partial charge is 0.479 e. The molecule has 8 heteroatoms. The van der Waals surface area contributed by atoms with E-state index in [1.165, 1.54) is 11.8 Å². The van der Waals surface area contributed by atoms with Gasteiger partial charge in [-0.05, 0) is 42.0 Å². The first-order valence-electron chi connectivity index (χ1n) is 7.65. The number of hydrogen-bond donors (Lipinski definition) is 1. The second-order valence-electron chi connectivity index (χ2n) is 5.05. The maximum absolute atomic E-state index is 11.9. The summed E-state index contributed by atoms with van der Waals surface area (Å²) in [5.74, 6) is 0.664. The zero-order valence-corrected chi connectivity index (χ0v) is 15.2. The molecule has 1 N–H and O–H groups in total. The Labute approximate surface area is 158 Å². The molecule has 26 heavy (non-hydrogen) atoms. The number of aromatic nitrogens is 1. The van der Waals surface area contributed by atoms with E-state index in [0.29, 0.717) is 5.75 Å². The van der Waals surface area contributed by atoms with Crippen LogP contribution < -0.4 is 10.2 Å². The lowest BCUT2D eigenvalue weighted by Gasteiger charge is -2.01. The highest BCUT2D eigenvalue weighted by atomic mass is 32.2. The van der Waals surface area contributed by atoms with E-state index in [4.69, 9.17) is 10.00 Å². The van der Waals surface area contributed by atoms with Crippen LogP contribution in [0.4, 0.5) is 0 Å². The summed E-state index contributed by atoms with van der Waals surface area (Å²) in [4.78, 5) is 16.3. The number of nitrogens with zero attached hydrogens (tertiary/aromatic N) is 3. The Hall–Kier alpha value is -2.89. The van der Waals surface area contributed by atoms with Crippen molar-refractivity contribution in [3.05, 3.63) is 54.1 Å². The number of para-hydroxylation sites is 1. The van der Waals surface area contributed by atoms with Crippen molar-refractivity contribution in [3.63, 3.8) is 0 Å². The third kappa shape index (κ3) is 5.05. The number of rotatable bonds is 7. The zero-order valence-electron chi connectivity index (χ0n) is 13.6. The number of hydrazone groups is 1. The third-order valence-corrected chi connectivity index (χ3v) is 5.37. The van der Waals surface area contributed by atoms with Crippen LogP contribution in [-0.2, 0) is 4.79 Å². The maximum Gasteiger partial charge on any atom is 0.250 e. The molecule has 0 unspecified atom stereocenters. The number of amides is 1. The number of fused-ring (bicyclic) bond motifs is 1. The van der Waals surface area contributed by atoms with Crippen molar-refractivity contribution in [2.24, 2.45) is 5.10 Å². The molecule has 0 bridgehead atoms. The lowest BCUT2D eigenvalue weighted by molar-refractivity contribution is -0.118. The minimum absolute atomic E-state index is 0.00974. The molecule has 6 nitrogen and oxygen atoms in total.